The molecule has 0 spiro atoms. The minimum atomic E-state index is 0.0919. The Bertz CT molecular complexity index is 809. The van der Waals surface area contributed by atoms with Gasteiger partial charge in [-0.3, -0.25) is 4.79 Å². The van der Waals surface area contributed by atoms with Gasteiger partial charge in [-0.25, -0.2) is 0 Å². The largest absolute Gasteiger partial charge is 0.334 e. The average Bonchev–Trinajstić information content (AvgIpc) is 3.22. The predicted octanol–water partition coefficient (Wildman–Crippen LogP) is 5.31. The van der Waals surface area contributed by atoms with E-state index in [1.54, 1.807) is 0 Å². The zero-order chi connectivity index (χ0) is 18.2. The maximum atomic E-state index is 13.4. The summed E-state index contributed by atoms with van der Waals surface area (Å²) in [5, 5.41) is 0. The van der Waals surface area contributed by atoms with Crippen LogP contribution in [0.4, 0.5) is 0 Å². The number of carbonyl (C=O) groups excluding carboxylic acids is 1. The lowest BCUT2D eigenvalue weighted by Crippen LogP contribution is -2.32. The van der Waals surface area contributed by atoms with E-state index in [0.717, 1.165) is 42.6 Å². The molecule has 0 unspecified atom stereocenters. The van der Waals surface area contributed by atoms with Crippen molar-refractivity contribution in [2.75, 3.05) is 6.54 Å². The molecule has 0 atom stereocenters. The normalized spacial score (nSPS) is 10.7. The summed E-state index contributed by atoms with van der Waals surface area (Å²) in [6.07, 6.45) is 7.27. The fourth-order valence-corrected chi connectivity index (χ4v) is 3.15. The number of rotatable bonds is 8. The van der Waals surface area contributed by atoms with E-state index in [4.69, 9.17) is 0 Å². The summed E-state index contributed by atoms with van der Waals surface area (Å²) in [4.78, 5) is 15.4. The van der Waals surface area contributed by atoms with Crippen LogP contribution in [0.15, 0.2) is 79.1 Å². The molecule has 0 fully saturated rings. The number of hydrogen-bond donors (Lipinski definition) is 0. The zero-order valence-electron chi connectivity index (χ0n) is 15.3. The van der Waals surface area contributed by atoms with Crippen molar-refractivity contribution in [2.24, 2.45) is 0 Å². The van der Waals surface area contributed by atoms with Crippen LogP contribution in [-0.4, -0.2) is 21.9 Å². The molecule has 3 heteroatoms. The summed E-state index contributed by atoms with van der Waals surface area (Å²) in [5.41, 5.74) is 2.84. The van der Waals surface area contributed by atoms with E-state index in [2.05, 4.69) is 19.1 Å². The Labute approximate surface area is 155 Å². The SMILES string of the molecule is CCCCCN(Cc1ccccc1)C(=O)c1ccccc1-n1cccc1. The van der Waals surface area contributed by atoms with Gasteiger partial charge in [0.05, 0.1) is 11.3 Å². The molecular weight excluding hydrogens is 320 g/mol. The Morgan fingerprint density at radius 3 is 2.31 bits per heavy atom. The summed E-state index contributed by atoms with van der Waals surface area (Å²) >= 11 is 0. The number of benzene rings is 2. The lowest BCUT2D eigenvalue weighted by molar-refractivity contribution is 0.0740. The number of aromatic nitrogens is 1. The number of amides is 1. The summed E-state index contributed by atoms with van der Waals surface area (Å²) in [6, 6.07) is 22.0. The van der Waals surface area contributed by atoms with Crippen molar-refractivity contribution in [3.8, 4) is 5.69 Å². The fraction of sp³-hybridized carbons (Fsp3) is 0.261. The molecule has 0 radical (unpaired) electrons. The van der Waals surface area contributed by atoms with Gasteiger partial charge in [0.25, 0.3) is 5.91 Å². The Hall–Kier alpha value is -2.81. The van der Waals surface area contributed by atoms with E-state index in [-0.39, 0.29) is 5.91 Å². The van der Waals surface area contributed by atoms with Crippen molar-refractivity contribution in [1.82, 2.24) is 9.47 Å². The van der Waals surface area contributed by atoms with Gasteiger partial charge in [-0.1, -0.05) is 62.2 Å². The van der Waals surface area contributed by atoms with Crippen LogP contribution in [0.3, 0.4) is 0 Å². The van der Waals surface area contributed by atoms with Crippen molar-refractivity contribution < 1.29 is 4.79 Å². The standard InChI is InChI=1S/C23H26N2O/c1-2-3-9-18-25(19-20-12-5-4-6-13-20)23(26)21-14-7-8-15-22(21)24-16-10-11-17-24/h4-8,10-17H,2-3,9,18-19H2,1H3. The third kappa shape index (κ3) is 4.42. The summed E-state index contributed by atoms with van der Waals surface area (Å²) in [7, 11) is 0. The molecule has 3 nitrogen and oxygen atoms in total. The lowest BCUT2D eigenvalue weighted by Gasteiger charge is -2.24. The molecule has 0 bridgehead atoms. The highest BCUT2D eigenvalue weighted by Crippen LogP contribution is 2.19. The van der Waals surface area contributed by atoms with Gasteiger partial charge >= 0.3 is 0 Å². The number of para-hydroxylation sites is 1. The van der Waals surface area contributed by atoms with Gasteiger partial charge in [-0.05, 0) is 36.2 Å². The van der Waals surface area contributed by atoms with Gasteiger partial charge in [0.2, 0.25) is 0 Å². The third-order valence-electron chi connectivity index (χ3n) is 4.55. The van der Waals surface area contributed by atoms with Crippen LogP contribution in [0.1, 0.15) is 42.1 Å². The second-order valence-corrected chi connectivity index (χ2v) is 6.53. The highest BCUT2D eigenvalue weighted by molar-refractivity contribution is 5.97. The van der Waals surface area contributed by atoms with Crippen LogP contribution in [0.25, 0.3) is 5.69 Å². The topological polar surface area (TPSA) is 25.2 Å². The third-order valence-corrected chi connectivity index (χ3v) is 4.55. The molecule has 1 amide bonds. The van der Waals surface area contributed by atoms with Crippen LogP contribution < -0.4 is 0 Å². The van der Waals surface area contributed by atoms with Crippen molar-refractivity contribution in [1.29, 1.82) is 0 Å². The minimum Gasteiger partial charge on any atom is -0.334 e. The molecule has 0 saturated heterocycles. The molecular formula is C23H26N2O. The van der Waals surface area contributed by atoms with Gasteiger partial charge in [-0.15, -0.1) is 0 Å². The van der Waals surface area contributed by atoms with Gasteiger partial charge in [0.1, 0.15) is 0 Å². The predicted molar refractivity (Wildman–Crippen MR) is 106 cm³/mol. The fourth-order valence-electron chi connectivity index (χ4n) is 3.15. The first-order chi connectivity index (χ1) is 12.8. The van der Waals surface area contributed by atoms with E-state index < -0.39 is 0 Å². The first kappa shape index (κ1) is 18.0. The summed E-state index contributed by atoms with van der Waals surface area (Å²) in [6.45, 7) is 3.61. The van der Waals surface area contributed by atoms with E-state index in [9.17, 15) is 4.79 Å². The number of unbranched alkanes of at least 4 members (excludes halogenated alkanes) is 2. The monoisotopic (exact) mass is 346 g/mol. The molecule has 26 heavy (non-hydrogen) atoms. The first-order valence-corrected chi connectivity index (χ1v) is 9.35. The molecule has 0 N–H and O–H groups in total. The molecule has 0 saturated carbocycles. The molecule has 1 aromatic heterocycles. The molecule has 2 aromatic carbocycles. The van der Waals surface area contributed by atoms with Gasteiger partial charge in [0.15, 0.2) is 0 Å². The molecule has 134 valence electrons. The number of nitrogens with zero attached hydrogens (tertiary/aromatic N) is 2. The molecule has 0 aliphatic rings. The van der Waals surface area contributed by atoms with Crippen LogP contribution >= 0.6 is 0 Å². The highest BCUT2D eigenvalue weighted by atomic mass is 16.2. The second-order valence-electron chi connectivity index (χ2n) is 6.53. The van der Waals surface area contributed by atoms with E-state index in [1.807, 2.05) is 76.5 Å². The molecule has 3 rings (SSSR count). The average molecular weight is 346 g/mol. The van der Waals surface area contributed by atoms with E-state index in [0.29, 0.717) is 6.54 Å². The molecule has 0 aliphatic heterocycles. The first-order valence-electron chi connectivity index (χ1n) is 9.35. The van der Waals surface area contributed by atoms with Crippen LogP contribution in [0.2, 0.25) is 0 Å². The molecule has 0 aliphatic carbocycles. The van der Waals surface area contributed by atoms with Gasteiger partial charge < -0.3 is 9.47 Å². The minimum absolute atomic E-state index is 0.0919. The molecule has 1 heterocycles. The Morgan fingerprint density at radius 1 is 0.885 bits per heavy atom. The number of carbonyl (C=O) groups is 1. The zero-order valence-corrected chi connectivity index (χ0v) is 15.3. The number of hydrogen-bond acceptors (Lipinski definition) is 1. The van der Waals surface area contributed by atoms with Crippen molar-refractivity contribution >= 4 is 5.91 Å². The van der Waals surface area contributed by atoms with E-state index >= 15 is 0 Å². The van der Waals surface area contributed by atoms with Crippen LogP contribution in [-0.2, 0) is 6.54 Å². The Kier molecular flexibility index (Phi) is 6.26. The Balaban J connectivity index is 1.87. The van der Waals surface area contributed by atoms with Gasteiger partial charge in [0, 0.05) is 25.5 Å². The maximum absolute atomic E-state index is 13.4. The molecule has 3 aromatic rings. The van der Waals surface area contributed by atoms with Crippen LogP contribution in [0.5, 0.6) is 0 Å². The van der Waals surface area contributed by atoms with Crippen molar-refractivity contribution in [3.05, 3.63) is 90.3 Å². The maximum Gasteiger partial charge on any atom is 0.256 e. The highest BCUT2D eigenvalue weighted by Gasteiger charge is 2.19. The summed E-state index contributed by atoms with van der Waals surface area (Å²) in [5.74, 6) is 0.0919. The quantitative estimate of drug-likeness (QED) is 0.507. The van der Waals surface area contributed by atoms with E-state index in [1.165, 1.54) is 0 Å². The Morgan fingerprint density at radius 2 is 1.58 bits per heavy atom. The van der Waals surface area contributed by atoms with Gasteiger partial charge in [-0.2, -0.15) is 0 Å². The lowest BCUT2D eigenvalue weighted by atomic mass is 10.1. The smallest absolute Gasteiger partial charge is 0.256 e. The summed E-state index contributed by atoms with van der Waals surface area (Å²) < 4.78 is 2.00. The van der Waals surface area contributed by atoms with Crippen molar-refractivity contribution in [3.63, 3.8) is 0 Å². The van der Waals surface area contributed by atoms with Crippen LogP contribution in [0, 0.1) is 0 Å². The second kappa shape index (κ2) is 9.04. The van der Waals surface area contributed by atoms with Crippen molar-refractivity contribution in [2.45, 2.75) is 32.7 Å².